The Balaban J connectivity index is 3.64. The molecular formula is C45H80O7. The average molecular weight is 733 g/mol. The first kappa shape index (κ1) is 49.8. The largest absolute Gasteiger partial charge is 0.463 e. The van der Waals surface area contributed by atoms with Crippen LogP contribution < -0.4 is 0 Å². The number of ether oxygens (including phenoxy) is 2. The minimum Gasteiger partial charge on any atom is -0.463 e. The molecule has 0 aliphatic rings. The summed E-state index contributed by atoms with van der Waals surface area (Å²) in [6, 6.07) is 0. The Morgan fingerprint density at radius 2 is 0.885 bits per heavy atom. The van der Waals surface area contributed by atoms with Crippen molar-refractivity contribution in [2.45, 2.75) is 212 Å². The number of aliphatic hydroxyl groups is 3. The molecular weight excluding hydrogens is 652 g/mol. The SMILES string of the molecule is CCCCC/C=C\C[C@@H](O)/C=C/C=C/C=C\[C@@H](O)CCCC(=O)OC[C@H](O)COC(=O)CCCCCCCCCCCCCCCCCCCCC. The Kier molecular flexibility index (Phi) is 38.3. The van der Waals surface area contributed by atoms with Gasteiger partial charge in [-0.25, -0.2) is 0 Å². The molecule has 0 aromatic carbocycles. The molecule has 7 heteroatoms. The molecule has 0 saturated heterocycles. The molecule has 0 aliphatic carbocycles. The maximum atomic E-state index is 12.0. The zero-order valence-corrected chi connectivity index (χ0v) is 33.5. The molecule has 7 nitrogen and oxygen atoms in total. The Bertz CT molecular complexity index is 909. The summed E-state index contributed by atoms with van der Waals surface area (Å²) in [4.78, 5) is 24.0. The van der Waals surface area contributed by atoms with Crippen molar-refractivity contribution in [1.29, 1.82) is 0 Å². The van der Waals surface area contributed by atoms with Crippen LogP contribution in [0.3, 0.4) is 0 Å². The molecule has 52 heavy (non-hydrogen) atoms. The fourth-order valence-corrected chi connectivity index (χ4v) is 5.93. The van der Waals surface area contributed by atoms with Gasteiger partial charge in [-0.05, 0) is 38.5 Å². The summed E-state index contributed by atoms with van der Waals surface area (Å²) in [5.41, 5.74) is 0. The van der Waals surface area contributed by atoms with E-state index in [-0.39, 0.29) is 25.6 Å². The van der Waals surface area contributed by atoms with Gasteiger partial charge in [0.1, 0.15) is 19.3 Å². The number of unbranched alkanes of at least 4 members (excludes halogenated alkanes) is 21. The lowest BCUT2D eigenvalue weighted by atomic mass is 10.0. The predicted octanol–water partition coefficient (Wildman–Crippen LogP) is 11.3. The Hall–Kier alpha value is -2.22. The molecule has 0 fully saturated rings. The fourth-order valence-electron chi connectivity index (χ4n) is 5.93. The smallest absolute Gasteiger partial charge is 0.305 e. The number of carbonyl (C=O) groups excluding carboxylic acids is 2. The zero-order chi connectivity index (χ0) is 38.2. The highest BCUT2D eigenvalue weighted by atomic mass is 16.6. The highest BCUT2D eigenvalue weighted by Gasteiger charge is 2.12. The van der Waals surface area contributed by atoms with Crippen LogP contribution in [-0.4, -0.2) is 58.8 Å². The summed E-state index contributed by atoms with van der Waals surface area (Å²) in [5, 5.41) is 30.1. The van der Waals surface area contributed by atoms with Gasteiger partial charge in [0.05, 0.1) is 12.2 Å². The summed E-state index contributed by atoms with van der Waals surface area (Å²) >= 11 is 0. The third kappa shape index (κ3) is 39.0. The van der Waals surface area contributed by atoms with E-state index in [9.17, 15) is 24.9 Å². The van der Waals surface area contributed by atoms with Gasteiger partial charge in [-0.3, -0.25) is 9.59 Å². The summed E-state index contributed by atoms with van der Waals surface area (Å²) in [5.74, 6) is -0.793. The van der Waals surface area contributed by atoms with Crippen molar-refractivity contribution in [1.82, 2.24) is 0 Å². The van der Waals surface area contributed by atoms with Crippen molar-refractivity contribution in [3.05, 3.63) is 48.6 Å². The van der Waals surface area contributed by atoms with E-state index in [1.165, 1.54) is 122 Å². The van der Waals surface area contributed by atoms with Crippen molar-refractivity contribution < 1.29 is 34.4 Å². The summed E-state index contributed by atoms with van der Waals surface area (Å²) in [6.07, 6.45) is 43.8. The Morgan fingerprint density at radius 1 is 0.481 bits per heavy atom. The molecule has 0 heterocycles. The first-order chi connectivity index (χ1) is 25.4. The van der Waals surface area contributed by atoms with Crippen LogP contribution in [-0.2, 0) is 19.1 Å². The molecule has 0 saturated carbocycles. The minimum atomic E-state index is -1.06. The van der Waals surface area contributed by atoms with Crippen LogP contribution in [0.5, 0.6) is 0 Å². The molecule has 0 rings (SSSR count). The Labute approximate surface area is 319 Å². The quantitative estimate of drug-likeness (QED) is 0.0251. The second-order valence-corrected chi connectivity index (χ2v) is 14.5. The third-order valence-corrected chi connectivity index (χ3v) is 9.26. The maximum Gasteiger partial charge on any atom is 0.305 e. The predicted molar refractivity (Wildman–Crippen MR) is 217 cm³/mol. The number of hydrogen-bond acceptors (Lipinski definition) is 7. The second-order valence-electron chi connectivity index (χ2n) is 14.5. The van der Waals surface area contributed by atoms with Gasteiger partial charge in [-0.15, -0.1) is 0 Å². The lowest BCUT2D eigenvalue weighted by Crippen LogP contribution is -2.25. The van der Waals surface area contributed by atoms with Gasteiger partial charge < -0.3 is 24.8 Å². The average Bonchev–Trinajstić information content (AvgIpc) is 3.13. The third-order valence-electron chi connectivity index (χ3n) is 9.26. The first-order valence-corrected chi connectivity index (χ1v) is 21.4. The van der Waals surface area contributed by atoms with E-state index < -0.39 is 24.3 Å². The number of esters is 2. The monoisotopic (exact) mass is 733 g/mol. The van der Waals surface area contributed by atoms with E-state index in [0.29, 0.717) is 25.7 Å². The molecule has 0 amide bonds. The number of aliphatic hydroxyl groups excluding tert-OH is 3. The van der Waals surface area contributed by atoms with Gasteiger partial charge in [0.25, 0.3) is 0 Å². The molecule has 0 aromatic rings. The van der Waals surface area contributed by atoms with Gasteiger partial charge >= 0.3 is 11.9 Å². The van der Waals surface area contributed by atoms with E-state index in [0.717, 1.165) is 25.7 Å². The maximum absolute atomic E-state index is 12.0. The van der Waals surface area contributed by atoms with Crippen LogP contribution in [0.2, 0.25) is 0 Å². The van der Waals surface area contributed by atoms with Crippen LogP contribution in [0.15, 0.2) is 48.6 Å². The number of carbonyl (C=O) groups is 2. The van der Waals surface area contributed by atoms with E-state index in [4.69, 9.17) is 9.47 Å². The standard InChI is InChI=1S/C45H80O7/c1-3-5-7-9-11-12-13-14-15-16-17-18-19-20-21-22-23-25-31-37-44(49)51-39-43(48)40-52-45(50)38-32-36-42(47)35-30-27-26-29-34-41(46)33-28-24-10-8-6-4-2/h24,26-30,34-35,41-43,46-48H,3-23,25,31-33,36-40H2,1-2H3/b27-26+,28-24-,34-29+,35-30-/t41-,42-,43-/m1/s1. The summed E-state index contributed by atoms with van der Waals surface area (Å²) in [7, 11) is 0. The topological polar surface area (TPSA) is 113 Å². The number of hydrogen-bond donors (Lipinski definition) is 3. The summed E-state index contributed by atoms with van der Waals surface area (Å²) < 4.78 is 10.2. The molecule has 0 spiro atoms. The molecule has 0 aliphatic heterocycles. The van der Waals surface area contributed by atoms with Gasteiger partial charge in [-0.1, -0.05) is 191 Å². The van der Waals surface area contributed by atoms with Crippen LogP contribution in [0.25, 0.3) is 0 Å². The van der Waals surface area contributed by atoms with E-state index in [1.807, 2.05) is 6.08 Å². The van der Waals surface area contributed by atoms with Gasteiger partial charge in [-0.2, -0.15) is 0 Å². The van der Waals surface area contributed by atoms with Crippen molar-refractivity contribution in [2.75, 3.05) is 13.2 Å². The van der Waals surface area contributed by atoms with Crippen molar-refractivity contribution in [2.24, 2.45) is 0 Å². The minimum absolute atomic E-state index is 0.125. The molecule has 3 atom stereocenters. The second kappa shape index (κ2) is 40.0. The van der Waals surface area contributed by atoms with E-state index in [2.05, 4.69) is 19.9 Å². The van der Waals surface area contributed by atoms with E-state index in [1.54, 1.807) is 36.5 Å². The van der Waals surface area contributed by atoms with Crippen molar-refractivity contribution in [3.8, 4) is 0 Å². The van der Waals surface area contributed by atoms with Gasteiger partial charge in [0.15, 0.2) is 0 Å². The van der Waals surface area contributed by atoms with Crippen LogP contribution in [0.4, 0.5) is 0 Å². The molecule has 3 N–H and O–H groups in total. The van der Waals surface area contributed by atoms with E-state index >= 15 is 0 Å². The van der Waals surface area contributed by atoms with Crippen molar-refractivity contribution in [3.63, 3.8) is 0 Å². The number of allylic oxidation sites excluding steroid dienone is 5. The van der Waals surface area contributed by atoms with Crippen LogP contribution in [0.1, 0.15) is 194 Å². The van der Waals surface area contributed by atoms with Gasteiger partial charge in [0, 0.05) is 12.8 Å². The highest BCUT2D eigenvalue weighted by Crippen LogP contribution is 2.15. The lowest BCUT2D eigenvalue weighted by Gasteiger charge is -2.12. The molecule has 0 radical (unpaired) electrons. The number of rotatable bonds is 38. The molecule has 302 valence electrons. The highest BCUT2D eigenvalue weighted by molar-refractivity contribution is 5.69. The van der Waals surface area contributed by atoms with Crippen LogP contribution in [0, 0.1) is 0 Å². The normalized spacial score (nSPS) is 13.9. The molecule has 0 unspecified atom stereocenters. The zero-order valence-electron chi connectivity index (χ0n) is 33.5. The molecule has 0 aromatic heterocycles. The Morgan fingerprint density at radius 3 is 1.37 bits per heavy atom. The molecule has 0 bridgehead atoms. The lowest BCUT2D eigenvalue weighted by molar-refractivity contribution is -0.152. The first-order valence-electron chi connectivity index (χ1n) is 21.4. The van der Waals surface area contributed by atoms with Gasteiger partial charge in [0.2, 0.25) is 0 Å². The summed E-state index contributed by atoms with van der Waals surface area (Å²) in [6.45, 7) is 4.04. The van der Waals surface area contributed by atoms with Crippen molar-refractivity contribution >= 4 is 11.9 Å². The fraction of sp³-hybridized carbons (Fsp3) is 0.778. The van der Waals surface area contributed by atoms with Crippen LogP contribution >= 0.6 is 0 Å².